The number of benzene rings is 1. The van der Waals surface area contributed by atoms with Crippen molar-refractivity contribution in [2.75, 3.05) is 5.32 Å². The van der Waals surface area contributed by atoms with Crippen LogP contribution >= 0.6 is 0 Å². The Labute approximate surface area is 121 Å². The molecule has 20 heavy (non-hydrogen) atoms. The molecular weight excluding hydrogens is 253 g/mol. The van der Waals surface area contributed by atoms with Crippen LogP contribution < -0.4 is 5.32 Å². The summed E-state index contributed by atoms with van der Waals surface area (Å²) in [6.07, 6.45) is 9.10. The quantitative estimate of drug-likeness (QED) is 0.530. The zero-order chi connectivity index (χ0) is 14.8. The van der Waals surface area contributed by atoms with E-state index < -0.39 is 0 Å². The minimum absolute atomic E-state index is 0.00359. The molecule has 1 amide bonds. The Balaban J connectivity index is 2.42. The van der Waals surface area contributed by atoms with E-state index in [2.05, 4.69) is 11.4 Å². The van der Waals surface area contributed by atoms with Gasteiger partial charge in [0.1, 0.15) is 5.82 Å². The van der Waals surface area contributed by atoms with Gasteiger partial charge in [0.15, 0.2) is 0 Å². The summed E-state index contributed by atoms with van der Waals surface area (Å²) in [6, 6.07) is 6.02. The van der Waals surface area contributed by atoms with Gasteiger partial charge in [-0.15, -0.1) is 0 Å². The monoisotopic (exact) mass is 277 g/mol. The van der Waals surface area contributed by atoms with E-state index in [0.717, 1.165) is 32.1 Å². The Morgan fingerprint density at radius 3 is 2.85 bits per heavy atom. The molecule has 0 aliphatic carbocycles. The van der Waals surface area contributed by atoms with Crippen molar-refractivity contribution < 1.29 is 9.18 Å². The number of nitrogens with one attached hydrogen (secondary N) is 1. The minimum atomic E-state index is -0.331. The van der Waals surface area contributed by atoms with Gasteiger partial charge in [-0.05, 0) is 50.8 Å². The Hall–Kier alpha value is -1.64. The number of carbonyl (C=O) groups is 1. The highest BCUT2D eigenvalue weighted by Gasteiger charge is 2.16. The molecule has 0 bridgehead atoms. The lowest BCUT2D eigenvalue weighted by Crippen LogP contribution is -2.22. The molecule has 1 rings (SSSR count). The number of unbranched alkanes of at least 4 members (excludes halogenated alkanes) is 2. The maximum Gasteiger partial charge on any atom is 0.227 e. The highest BCUT2D eigenvalue weighted by atomic mass is 19.1. The number of hydrogen-bond acceptors (Lipinski definition) is 1. The van der Waals surface area contributed by atoms with Crippen molar-refractivity contribution in [3.63, 3.8) is 0 Å². The predicted molar refractivity (Wildman–Crippen MR) is 82.1 cm³/mol. The van der Waals surface area contributed by atoms with E-state index >= 15 is 0 Å². The summed E-state index contributed by atoms with van der Waals surface area (Å²) in [7, 11) is 0. The second-order valence-corrected chi connectivity index (χ2v) is 4.96. The van der Waals surface area contributed by atoms with E-state index in [1.807, 2.05) is 19.9 Å². The van der Waals surface area contributed by atoms with E-state index in [4.69, 9.17) is 0 Å². The van der Waals surface area contributed by atoms with Crippen molar-refractivity contribution in [2.45, 2.75) is 46.0 Å². The second-order valence-electron chi connectivity index (χ2n) is 4.96. The molecule has 0 saturated carbocycles. The van der Waals surface area contributed by atoms with E-state index in [1.54, 1.807) is 12.1 Å². The summed E-state index contributed by atoms with van der Waals surface area (Å²) in [5.74, 6) is -0.338. The number of hydrogen-bond donors (Lipinski definition) is 1. The lowest BCUT2D eigenvalue weighted by atomic mass is 9.97. The third kappa shape index (κ3) is 6.00. The van der Waals surface area contributed by atoms with Crippen LogP contribution in [0.4, 0.5) is 10.1 Å². The van der Waals surface area contributed by atoms with E-state index in [0.29, 0.717) is 5.69 Å². The van der Waals surface area contributed by atoms with Crippen molar-refractivity contribution in [3.05, 3.63) is 42.2 Å². The largest absolute Gasteiger partial charge is 0.326 e. The number of allylic oxidation sites excluding steroid dienone is 2. The van der Waals surface area contributed by atoms with Crippen molar-refractivity contribution >= 4 is 11.6 Å². The summed E-state index contributed by atoms with van der Waals surface area (Å²) >= 11 is 0. The number of carbonyl (C=O) groups excluding carboxylic acids is 1. The molecule has 0 aliphatic heterocycles. The Morgan fingerprint density at radius 1 is 1.40 bits per heavy atom. The molecule has 0 heterocycles. The zero-order valence-corrected chi connectivity index (χ0v) is 12.4. The Morgan fingerprint density at radius 2 is 2.20 bits per heavy atom. The maximum atomic E-state index is 13.1. The molecule has 1 aromatic rings. The molecule has 0 spiro atoms. The molecule has 0 fully saturated rings. The van der Waals surface area contributed by atoms with Crippen LogP contribution in [0.2, 0.25) is 0 Å². The fourth-order valence-electron chi connectivity index (χ4n) is 2.15. The summed E-state index contributed by atoms with van der Waals surface area (Å²) in [5, 5.41) is 2.79. The van der Waals surface area contributed by atoms with Crippen LogP contribution in [0.1, 0.15) is 46.0 Å². The molecule has 0 radical (unpaired) electrons. The van der Waals surface area contributed by atoms with Gasteiger partial charge in [0.25, 0.3) is 0 Å². The first-order valence-electron chi connectivity index (χ1n) is 7.35. The second kappa shape index (κ2) is 9.29. The molecule has 2 nitrogen and oxygen atoms in total. The summed E-state index contributed by atoms with van der Waals surface area (Å²) in [5.41, 5.74) is 0.530. The van der Waals surface area contributed by atoms with Gasteiger partial charge in [0.2, 0.25) is 5.91 Å². The highest BCUT2D eigenvalue weighted by Crippen LogP contribution is 2.17. The number of anilines is 1. The van der Waals surface area contributed by atoms with Crippen molar-refractivity contribution in [1.29, 1.82) is 0 Å². The zero-order valence-electron chi connectivity index (χ0n) is 12.4. The molecule has 0 aliphatic rings. The fraction of sp³-hybridized carbons (Fsp3) is 0.471. The van der Waals surface area contributed by atoms with Gasteiger partial charge in [0, 0.05) is 11.6 Å². The molecule has 0 aromatic heterocycles. The van der Waals surface area contributed by atoms with Crippen LogP contribution in [0.3, 0.4) is 0 Å². The lowest BCUT2D eigenvalue weighted by molar-refractivity contribution is -0.120. The van der Waals surface area contributed by atoms with Crippen LogP contribution in [0.15, 0.2) is 36.4 Å². The predicted octanol–water partition coefficient (Wildman–Crippen LogP) is 4.93. The van der Waals surface area contributed by atoms with Gasteiger partial charge in [-0.2, -0.15) is 0 Å². The first-order valence-corrected chi connectivity index (χ1v) is 7.35. The summed E-state index contributed by atoms with van der Waals surface area (Å²) in [4.78, 5) is 12.1. The minimum Gasteiger partial charge on any atom is -0.326 e. The fourth-order valence-corrected chi connectivity index (χ4v) is 2.15. The SMILES string of the molecule is C/C=C/CCCCC(CC)C(=O)Nc1cccc(F)c1. The highest BCUT2D eigenvalue weighted by molar-refractivity contribution is 5.92. The topological polar surface area (TPSA) is 29.1 Å². The molecule has 110 valence electrons. The van der Waals surface area contributed by atoms with Gasteiger partial charge in [-0.25, -0.2) is 4.39 Å². The van der Waals surface area contributed by atoms with E-state index in [-0.39, 0.29) is 17.6 Å². The van der Waals surface area contributed by atoms with E-state index in [9.17, 15) is 9.18 Å². The van der Waals surface area contributed by atoms with Crippen LogP contribution in [0.25, 0.3) is 0 Å². The molecule has 1 unspecified atom stereocenters. The van der Waals surface area contributed by atoms with Crippen LogP contribution in [0, 0.1) is 11.7 Å². The number of rotatable bonds is 8. The molecular formula is C17H24FNO. The van der Waals surface area contributed by atoms with Gasteiger partial charge in [-0.1, -0.05) is 31.6 Å². The summed E-state index contributed by atoms with van der Waals surface area (Å²) < 4.78 is 13.1. The number of amides is 1. The number of halogens is 1. The standard InChI is InChI=1S/C17H24FNO/c1-3-5-6-7-8-10-14(4-2)17(20)19-16-12-9-11-15(18)13-16/h3,5,9,11-14H,4,6-8,10H2,1-2H3,(H,19,20)/b5-3+. The van der Waals surface area contributed by atoms with Crippen LogP contribution in [-0.2, 0) is 4.79 Å². The first-order chi connectivity index (χ1) is 9.67. The third-order valence-electron chi connectivity index (χ3n) is 3.36. The molecule has 1 aromatic carbocycles. The molecule has 1 N–H and O–H groups in total. The van der Waals surface area contributed by atoms with Crippen molar-refractivity contribution in [2.24, 2.45) is 5.92 Å². The molecule has 0 saturated heterocycles. The normalized spacial score (nSPS) is 12.6. The van der Waals surface area contributed by atoms with Gasteiger partial charge < -0.3 is 5.32 Å². The average Bonchev–Trinajstić information content (AvgIpc) is 2.42. The van der Waals surface area contributed by atoms with Crippen molar-refractivity contribution in [1.82, 2.24) is 0 Å². The van der Waals surface area contributed by atoms with Gasteiger partial charge in [0.05, 0.1) is 0 Å². The average molecular weight is 277 g/mol. The van der Waals surface area contributed by atoms with Crippen molar-refractivity contribution in [3.8, 4) is 0 Å². The first kappa shape index (κ1) is 16.4. The maximum absolute atomic E-state index is 13.1. The lowest BCUT2D eigenvalue weighted by Gasteiger charge is -2.14. The summed E-state index contributed by atoms with van der Waals surface area (Å²) in [6.45, 7) is 4.03. The van der Waals surface area contributed by atoms with E-state index in [1.165, 1.54) is 12.1 Å². The molecule has 3 heteroatoms. The van der Waals surface area contributed by atoms with Gasteiger partial charge in [-0.3, -0.25) is 4.79 Å². The van der Waals surface area contributed by atoms with Gasteiger partial charge >= 0.3 is 0 Å². The molecule has 1 atom stereocenters. The Kier molecular flexibility index (Phi) is 7.63. The third-order valence-corrected chi connectivity index (χ3v) is 3.36. The van der Waals surface area contributed by atoms with Crippen LogP contribution in [-0.4, -0.2) is 5.91 Å². The van der Waals surface area contributed by atoms with Crippen LogP contribution in [0.5, 0.6) is 0 Å². The smallest absolute Gasteiger partial charge is 0.227 e. The Bertz CT molecular complexity index is 442.